The van der Waals surface area contributed by atoms with Gasteiger partial charge in [0.25, 0.3) is 5.56 Å². The van der Waals surface area contributed by atoms with Gasteiger partial charge in [-0.1, -0.05) is 24.8 Å². The van der Waals surface area contributed by atoms with Crippen molar-refractivity contribution in [2.24, 2.45) is 0 Å². The number of rotatable bonds is 5. The number of allylic oxidation sites excluding steroid dienone is 1. The molecule has 2 aliphatic heterocycles. The van der Waals surface area contributed by atoms with Gasteiger partial charge in [-0.15, -0.1) is 0 Å². The van der Waals surface area contributed by atoms with Crippen molar-refractivity contribution in [2.45, 2.75) is 6.04 Å². The van der Waals surface area contributed by atoms with Gasteiger partial charge in [0.05, 0.1) is 24.5 Å². The van der Waals surface area contributed by atoms with E-state index in [2.05, 4.69) is 23.2 Å². The fraction of sp³-hybridized carbons (Fsp3) is 0.273. The summed E-state index contributed by atoms with van der Waals surface area (Å²) in [5.74, 6) is 1.68. The fourth-order valence-corrected chi connectivity index (χ4v) is 3.71. The second-order valence-electron chi connectivity index (χ2n) is 6.94. The molecule has 0 atom stereocenters. The van der Waals surface area contributed by atoms with E-state index in [9.17, 15) is 4.79 Å². The van der Waals surface area contributed by atoms with Gasteiger partial charge in [-0.2, -0.15) is 5.10 Å². The maximum atomic E-state index is 12.5. The van der Waals surface area contributed by atoms with E-state index in [0.29, 0.717) is 54.3 Å². The zero-order chi connectivity index (χ0) is 21.3. The lowest BCUT2D eigenvalue weighted by atomic mass is 10.1. The van der Waals surface area contributed by atoms with Crippen LogP contribution in [0.4, 0.5) is 0 Å². The molecule has 0 aliphatic carbocycles. The smallest absolute Gasteiger partial charge is 0.267 e. The van der Waals surface area contributed by atoms with Crippen LogP contribution in [-0.4, -0.2) is 48.1 Å². The molecular weight excluding hydrogens is 406 g/mol. The molecule has 2 saturated heterocycles. The van der Waals surface area contributed by atoms with Crippen LogP contribution >= 0.6 is 11.6 Å². The second kappa shape index (κ2) is 8.28. The number of benzene rings is 1. The maximum absolute atomic E-state index is 12.5. The van der Waals surface area contributed by atoms with Gasteiger partial charge in [0.1, 0.15) is 19.0 Å². The van der Waals surface area contributed by atoms with E-state index in [1.165, 1.54) is 10.7 Å². The molecule has 2 fully saturated rings. The molecule has 156 valence electrons. The fourth-order valence-electron chi connectivity index (χ4n) is 3.55. The number of methoxy groups -OCH3 is 1. The van der Waals surface area contributed by atoms with Crippen LogP contribution in [0.2, 0.25) is 5.02 Å². The van der Waals surface area contributed by atoms with Gasteiger partial charge in [0, 0.05) is 29.7 Å². The number of hydrogen-bond donors (Lipinski definition) is 0. The van der Waals surface area contributed by atoms with E-state index >= 15 is 0 Å². The number of hydrogen-bond acceptors (Lipinski definition) is 6. The standard InChI is InChI=1S/C22H22ClN3O4/c1-4-19(22-14(2)29-9-10-30-22)25-12-16(13-25)26-21(27)8-7-18(24-26)17-6-5-15(23)11-20(17)28-3/h4-8,11,16H,1-2,9-10,12-13H2,3H3/b22-19-. The Morgan fingerprint density at radius 1 is 1.27 bits per heavy atom. The molecule has 7 nitrogen and oxygen atoms in total. The minimum atomic E-state index is -0.161. The first-order chi connectivity index (χ1) is 14.5. The molecule has 2 aliphatic rings. The third-order valence-corrected chi connectivity index (χ3v) is 5.33. The number of ether oxygens (including phenoxy) is 3. The lowest BCUT2D eigenvalue weighted by Gasteiger charge is -2.42. The highest BCUT2D eigenvalue weighted by molar-refractivity contribution is 6.30. The Morgan fingerprint density at radius 3 is 2.73 bits per heavy atom. The van der Waals surface area contributed by atoms with Gasteiger partial charge in [-0.25, -0.2) is 4.68 Å². The number of likely N-dealkylation sites (tertiary alicyclic amines) is 1. The van der Waals surface area contributed by atoms with E-state index in [1.54, 1.807) is 31.4 Å². The molecule has 0 N–H and O–H groups in total. The Hall–Kier alpha value is -3.19. The molecule has 0 bridgehead atoms. The summed E-state index contributed by atoms with van der Waals surface area (Å²) in [7, 11) is 1.57. The second-order valence-corrected chi connectivity index (χ2v) is 7.38. The first-order valence-corrected chi connectivity index (χ1v) is 9.90. The monoisotopic (exact) mass is 427 g/mol. The largest absolute Gasteiger partial charge is 0.496 e. The van der Waals surface area contributed by atoms with Crippen LogP contribution in [-0.2, 0) is 9.47 Å². The summed E-state index contributed by atoms with van der Waals surface area (Å²) in [5, 5.41) is 5.16. The minimum Gasteiger partial charge on any atom is -0.496 e. The van der Waals surface area contributed by atoms with Gasteiger partial charge in [0.2, 0.25) is 0 Å². The lowest BCUT2D eigenvalue weighted by molar-refractivity contribution is 0.0483. The molecule has 3 heterocycles. The summed E-state index contributed by atoms with van der Waals surface area (Å²) < 4.78 is 18.1. The first-order valence-electron chi connectivity index (χ1n) is 9.52. The van der Waals surface area contributed by atoms with Gasteiger partial charge < -0.3 is 19.1 Å². The molecule has 0 spiro atoms. The minimum absolute atomic E-state index is 0.0796. The molecule has 1 aromatic carbocycles. The molecule has 0 saturated carbocycles. The molecule has 2 aromatic rings. The van der Waals surface area contributed by atoms with Gasteiger partial charge >= 0.3 is 0 Å². The van der Waals surface area contributed by atoms with Crippen molar-refractivity contribution in [3.8, 4) is 17.0 Å². The molecule has 30 heavy (non-hydrogen) atoms. The molecule has 0 radical (unpaired) electrons. The maximum Gasteiger partial charge on any atom is 0.267 e. The number of nitrogens with zero attached hydrogens (tertiary/aromatic N) is 3. The van der Waals surface area contributed by atoms with E-state index < -0.39 is 0 Å². The molecule has 4 rings (SSSR count). The van der Waals surface area contributed by atoms with Crippen LogP contribution in [0.1, 0.15) is 6.04 Å². The average Bonchev–Trinajstić information content (AvgIpc) is 2.72. The van der Waals surface area contributed by atoms with Gasteiger partial charge in [-0.3, -0.25) is 4.79 Å². The van der Waals surface area contributed by atoms with Crippen molar-refractivity contribution in [1.82, 2.24) is 14.7 Å². The highest BCUT2D eigenvalue weighted by Crippen LogP contribution is 2.33. The van der Waals surface area contributed by atoms with Crippen LogP contribution in [0, 0.1) is 0 Å². The normalized spacial score (nSPS) is 18.2. The quantitative estimate of drug-likeness (QED) is 0.728. The van der Waals surface area contributed by atoms with Crippen molar-refractivity contribution in [2.75, 3.05) is 33.4 Å². The van der Waals surface area contributed by atoms with Gasteiger partial charge in [-0.05, 0) is 30.3 Å². The summed E-state index contributed by atoms with van der Waals surface area (Å²) in [6.45, 7) is 9.91. The third kappa shape index (κ3) is 3.68. The Labute approximate surface area is 179 Å². The van der Waals surface area contributed by atoms with E-state index in [4.69, 9.17) is 25.8 Å². The van der Waals surface area contributed by atoms with E-state index in [1.807, 2.05) is 6.07 Å². The van der Waals surface area contributed by atoms with Crippen LogP contribution in [0.5, 0.6) is 5.75 Å². The summed E-state index contributed by atoms with van der Waals surface area (Å²) in [5.41, 5.74) is 2.05. The molecule has 1 aromatic heterocycles. The molecule has 0 amide bonds. The van der Waals surface area contributed by atoms with Crippen molar-refractivity contribution in [3.05, 3.63) is 82.2 Å². The van der Waals surface area contributed by atoms with Crippen molar-refractivity contribution >= 4 is 11.6 Å². The highest BCUT2D eigenvalue weighted by Gasteiger charge is 2.33. The Kier molecular flexibility index (Phi) is 5.55. The predicted octanol–water partition coefficient (Wildman–Crippen LogP) is 3.39. The first kappa shape index (κ1) is 20.1. The van der Waals surface area contributed by atoms with Crippen molar-refractivity contribution in [1.29, 1.82) is 0 Å². The van der Waals surface area contributed by atoms with Crippen LogP contribution in [0.25, 0.3) is 11.3 Å². The number of aromatic nitrogens is 2. The van der Waals surface area contributed by atoms with E-state index in [0.717, 1.165) is 11.3 Å². The van der Waals surface area contributed by atoms with Crippen molar-refractivity contribution < 1.29 is 14.2 Å². The zero-order valence-electron chi connectivity index (χ0n) is 16.6. The Morgan fingerprint density at radius 2 is 2.03 bits per heavy atom. The van der Waals surface area contributed by atoms with E-state index in [-0.39, 0.29) is 11.6 Å². The SMILES string of the molecule is C=C/C(=C1/OCCOC1=C)N1CC(n2nc(-c3ccc(Cl)cc3OC)ccc2=O)C1. The topological polar surface area (TPSA) is 65.8 Å². The molecule has 8 heteroatoms. The third-order valence-electron chi connectivity index (χ3n) is 5.10. The average molecular weight is 428 g/mol. The summed E-state index contributed by atoms with van der Waals surface area (Å²) in [6.07, 6.45) is 1.72. The predicted molar refractivity (Wildman–Crippen MR) is 114 cm³/mol. The Balaban J connectivity index is 1.59. The van der Waals surface area contributed by atoms with Gasteiger partial charge in [0.15, 0.2) is 11.5 Å². The lowest BCUT2D eigenvalue weighted by Crippen LogP contribution is -2.50. The van der Waals surface area contributed by atoms with Crippen LogP contribution < -0.4 is 10.3 Å². The zero-order valence-corrected chi connectivity index (χ0v) is 17.4. The Bertz CT molecular complexity index is 1090. The van der Waals surface area contributed by atoms with Crippen molar-refractivity contribution in [3.63, 3.8) is 0 Å². The van der Waals surface area contributed by atoms with Crippen LogP contribution in [0.15, 0.2) is 71.6 Å². The summed E-state index contributed by atoms with van der Waals surface area (Å²) in [4.78, 5) is 14.5. The molecular formula is C22H22ClN3O4. The number of halogens is 1. The summed E-state index contributed by atoms with van der Waals surface area (Å²) >= 11 is 6.06. The van der Waals surface area contributed by atoms with Crippen LogP contribution in [0.3, 0.4) is 0 Å². The molecule has 0 unspecified atom stereocenters. The highest BCUT2D eigenvalue weighted by atomic mass is 35.5. The summed E-state index contributed by atoms with van der Waals surface area (Å²) in [6, 6.07) is 8.45.